The second-order valence-electron chi connectivity index (χ2n) is 6.11. The number of hydrogen-bond donors (Lipinski definition) is 1. The Bertz CT molecular complexity index is 813. The van der Waals surface area contributed by atoms with E-state index < -0.39 is 10.0 Å². The lowest BCUT2D eigenvalue weighted by Crippen LogP contribution is -2.29. The first-order valence-electron chi connectivity index (χ1n) is 8.10. The van der Waals surface area contributed by atoms with Crippen molar-refractivity contribution in [2.75, 3.05) is 22.7 Å². The molecule has 3 rings (SSSR count). The van der Waals surface area contributed by atoms with Gasteiger partial charge in [-0.15, -0.1) is 0 Å². The zero-order valence-corrected chi connectivity index (χ0v) is 15.2. The molecule has 1 N–H and O–H groups in total. The van der Waals surface area contributed by atoms with Crippen LogP contribution in [0.15, 0.2) is 47.4 Å². The predicted octanol–water partition coefficient (Wildman–Crippen LogP) is 4.44. The van der Waals surface area contributed by atoms with E-state index in [0.29, 0.717) is 10.7 Å². The van der Waals surface area contributed by atoms with Crippen LogP contribution in [0.3, 0.4) is 0 Å². The fourth-order valence-corrected chi connectivity index (χ4v) is 4.15. The molecule has 0 amide bonds. The lowest BCUT2D eigenvalue weighted by molar-refractivity contribution is 0.578. The molecule has 2 aromatic rings. The third-order valence-corrected chi connectivity index (χ3v) is 6.08. The van der Waals surface area contributed by atoms with Crippen LogP contribution < -0.4 is 9.62 Å². The van der Waals surface area contributed by atoms with Crippen LogP contribution in [0.25, 0.3) is 0 Å². The molecule has 0 aliphatic carbocycles. The first-order chi connectivity index (χ1) is 11.5. The fourth-order valence-electron chi connectivity index (χ4n) is 2.89. The maximum absolute atomic E-state index is 12.5. The number of sulfonamides is 1. The summed E-state index contributed by atoms with van der Waals surface area (Å²) in [5.41, 5.74) is 2.43. The molecule has 6 heteroatoms. The first kappa shape index (κ1) is 17.1. The molecule has 1 saturated heterocycles. The smallest absolute Gasteiger partial charge is 0.261 e. The molecule has 0 aromatic heterocycles. The van der Waals surface area contributed by atoms with Gasteiger partial charge in [0, 0.05) is 29.5 Å². The van der Waals surface area contributed by atoms with Gasteiger partial charge in [-0.25, -0.2) is 8.42 Å². The molecule has 0 bridgehead atoms. The van der Waals surface area contributed by atoms with E-state index in [9.17, 15) is 8.42 Å². The lowest BCUT2D eigenvalue weighted by Gasteiger charge is -2.28. The molecule has 2 aromatic carbocycles. The Labute approximate surface area is 148 Å². The van der Waals surface area contributed by atoms with Crippen molar-refractivity contribution in [2.45, 2.75) is 31.1 Å². The van der Waals surface area contributed by atoms with Crippen LogP contribution in [0.4, 0.5) is 11.4 Å². The van der Waals surface area contributed by atoms with Crippen LogP contribution >= 0.6 is 11.6 Å². The van der Waals surface area contributed by atoms with Gasteiger partial charge in [0.2, 0.25) is 0 Å². The van der Waals surface area contributed by atoms with Crippen molar-refractivity contribution in [3.8, 4) is 0 Å². The highest BCUT2D eigenvalue weighted by Gasteiger charge is 2.16. The minimum Gasteiger partial charge on any atom is -0.372 e. The topological polar surface area (TPSA) is 49.4 Å². The lowest BCUT2D eigenvalue weighted by atomic mass is 10.1. The molecule has 128 valence electrons. The van der Waals surface area contributed by atoms with Gasteiger partial charge in [-0.2, -0.15) is 0 Å². The Morgan fingerprint density at radius 1 is 1.00 bits per heavy atom. The Balaban J connectivity index is 1.76. The van der Waals surface area contributed by atoms with Gasteiger partial charge in [0.1, 0.15) is 0 Å². The maximum atomic E-state index is 12.5. The molecule has 24 heavy (non-hydrogen) atoms. The Morgan fingerprint density at radius 2 is 1.67 bits per heavy atom. The Hall–Kier alpha value is -1.72. The van der Waals surface area contributed by atoms with E-state index in [-0.39, 0.29) is 4.90 Å². The van der Waals surface area contributed by atoms with Crippen LogP contribution in [-0.2, 0) is 10.0 Å². The number of piperidine rings is 1. The fraction of sp³-hybridized carbons (Fsp3) is 0.333. The van der Waals surface area contributed by atoms with Crippen molar-refractivity contribution < 1.29 is 8.42 Å². The van der Waals surface area contributed by atoms with Crippen LogP contribution in [0.1, 0.15) is 24.8 Å². The van der Waals surface area contributed by atoms with Gasteiger partial charge in [0.25, 0.3) is 10.0 Å². The van der Waals surface area contributed by atoms with Gasteiger partial charge < -0.3 is 4.90 Å². The van der Waals surface area contributed by atoms with Crippen LogP contribution in [-0.4, -0.2) is 21.5 Å². The van der Waals surface area contributed by atoms with Gasteiger partial charge in [-0.3, -0.25) is 4.72 Å². The molecule has 1 heterocycles. The summed E-state index contributed by atoms with van der Waals surface area (Å²) in [4.78, 5) is 2.55. The molecule has 1 fully saturated rings. The van der Waals surface area contributed by atoms with Gasteiger partial charge in [0.15, 0.2) is 0 Å². The van der Waals surface area contributed by atoms with E-state index in [0.717, 1.165) is 24.3 Å². The summed E-state index contributed by atoms with van der Waals surface area (Å²) in [5, 5.41) is 0.555. The van der Waals surface area contributed by atoms with Crippen molar-refractivity contribution >= 4 is 33.0 Å². The maximum Gasteiger partial charge on any atom is 0.261 e. The van der Waals surface area contributed by atoms with Gasteiger partial charge in [-0.1, -0.05) is 11.6 Å². The van der Waals surface area contributed by atoms with Crippen molar-refractivity contribution in [2.24, 2.45) is 0 Å². The highest BCUT2D eigenvalue weighted by atomic mass is 35.5. The zero-order chi connectivity index (χ0) is 17.2. The highest BCUT2D eigenvalue weighted by molar-refractivity contribution is 7.92. The standard InChI is InChI=1S/C18H21ClN2O2S/c1-14-13-17(9-10-18(14)19)24(22,23)20-15-5-7-16(8-6-15)21-11-3-2-4-12-21/h5-10,13,20H,2-4,11-12H2,1H3. The molecule has 0 saturated carbocycles. The average molecular weight is 365 g/mol. The third kappa shape index (κ3) is 3.84. The SMILES string of the molecule is Cc1cc(S(=O)(=O)Nc2ccc(N3CCCCC3)cc2)ccc1Cl. The molecule has 1 aliphatic rings. The quantitative estimate of drug-likeness (QED) is 0.872. The third-order valence-electron chi connectivity index (χ3n) is 4.28. The second-order valence-corrected chi connectivity index (χ2v) is 8.20. The van der Waals surface area contributed by atoms with Crippen molar-refractivity contribution in [1.29, 1.82) is 0 Å². The minimum absolute atomic E-state index is 0.213. The van der Waals surface area contributed by atoms with E-state index in [2.05, 4.69) is 9.62 Å². The first-order valence-corrected chi connectivity index (χ1v) is 9.96. The highest BCUT2D eigenvalue weighted by Crippen LogP contribution is 2.24. The molecular formula is C18H21ClN2O2S. The minimum atomic E-state index is -3.61. The van der Waals surface area contributed by atoms with E-state index in [4.69, 9.17) is 11.6 Å². The largest absolute Gasteiger partial charge is 0.372 e. The zero-order valence-electron chi connectivity index (χ0n) is 13.6. The van der Waals surface area contributed by atoms with Crippen molar-refractivity contribution in [1.82, 2.24) is 0 Å². The van der Waals surface area contributed by atoms with E-state index in [1.807, 2.05) is 24.3 Å². The average Bonchev–Trinajstić information content (AvgIpc) is 2.58. The van der Waals surface area contributed by atoms with E-state index in [1.165, 1.54) is 25.3 Å². The molecule has 4 nitrogen and oxygen atoms in total. The molecule has 0 unspecified atom stereocenters. The number of benzene rings is 2. The van der Waals surface area contributed by atoms with Crippen molar-refractivity contribution in [3.05, 3.63) is 53.1 Å². The summed E-state index contributed by atoms with van der Waals surface area (Å²) >= 11 is 5.96. The predicted molar refractivity (Wildman–Crippen MR) is 99.5 cm³/mol. The number of aryl methyl sites for hydroxylation is 1. The summed E-state index contributed by atoms with van der Waals surface area (Å²) < 4.78 is 27.6. The number of rotatable bonds is 4. The summed E-state index contributed by atoms with van der Waals surface area (Å²) in [6.07, 6.45) is 3.71. The number of anilines is 2. The van der Waals surface area contributed by atoms with E-state index in [1.54, 1.807) is 19.1 Å². The Kier molecular flexibility index (Phi) is 5.01. The molecule has 1 aliphatic heterocycles. The summed E-state index contributed by atoms with van der Waals surface area (Å²) in [7, 11) is -3.61. The number of hydrogen-bond acceptors (Lipinski definition) is 3. The van der Waals surface area contributed by atoms with Crippen LogP contribution in [0, 0.1) is 6.92 Å². The summed E-state index contributed by atoms with van der Waals surface area (Å²) in [6, 6.07) is 12.2. The molecule has 0 radical (unpaired) electrons. The summed E-state index contributed by atoms with van der Waals surface area (Å²) in [5.74, 6) is 0. The monoisotopic (exact) mass is 364 g/mol. The van der Waals surface area contributed by atoms with Crippen LogP contribution in [0.5, 0.6) is 0 Å². The van der Waals surface area contributed by atoms with Gasteiger partial charge >= 0.3 is 0 Å². The second kappa shape index (κ2) is 7.03. The number of nitrogens with zero attached hydrogens (tertiary/aromatic N) is 1. The van der Waals surface area contributed by atoms with Gasteiger partial charge in [-0.05, 0) is 74.2 Å². The molecular weight excluding hydrogens is 344 g/mol. The van der Waals surface area contributed by atoms with Gasteiger partial charge in [0.05, 0.1) is 4.90 Å². The summed E-state index contributed by atoms with van der Waals surface area (Å²) in [6.45, 7) is 3.92. The van der Waals surface area contributed by atoms with E-state index >= 15 is 0 Å². The number of halogens is 1. The van der Waals surface area contributed by atoms with Crippen molar-refractivity contribution in [3.63, 3.8) is 0 Å². The van der Waals surface area contributed by atoms with Crippen LogP contribution in [0.2, 0.25) is 5.02 Å². The molecule has 0 spiro atoms. The Morgan fingerprint density at radius 3 is 2.29 bits per heavy atom. The molecule has 0 atom stereocenters. The normalized spacial score (nSPS) is 15.3. The number of nitrogens with one attached hydrogen (secondary N) is 1.